The first kappa shape index (κ1) is 15.3. The maximum Gasteiger partial charge on any atom is 0.119 e. The van der Waals surface area contributed by atoms with Gasteiger partial charge < -0.3 is 9.84 Å². The van der Waals surface area contributed by atoms with Crippen LogP contribution in [0.2, 0.25) is 0 Å². The molecule has 1 saturated heterocycles. The molecule has 1 fully saturated rings. The van der Waals surface area contributed by atoms with Crippen LogP contribution in [0.5, 0.6) is 5.75 Å². The maximum atomic E-state index is 9.95. The Labute approximate surface area is 122 Å². The van der Waals surface area contributed by atoms with Crippen molar-refractivity contribution in [3.8, 4) is 5.75 Å². The van der Waals surface area contributed by atoms with E-state index in [9.17, 15) is 5.11 Å². The van der Waals surface area contributed by atoms with Crippen molar-refractivity contribution in [2.75, 3.05) is 20.3 Å². The highest BCUT2D eigenvalue weighted by Gasteiger charge is 2.40. The number of aliphatic hydroxyl groups excluding tert-OH is 1. The highest BCUT2D eigenvalue weighted by molar-refractivity contribution is 5.28. The van der Waals surface area contributed by atoms with Gasteiger partial charge in [0.15, 0.2) is 0 Å². The summed E-state index contributed by atoms with van der Waals surface area (Å²) in [6, 6.07) is 8.24. The quantitative estimate of drug-likeness (QED) is 0.867. The van der Waals surface area contributed by atoms with Crippen molar-refractivity contribution in [1.29, 1.82) is 0 Å². The van der Waals surface area contributed by atoms with Crippen LogP contribution >= 0.6 is 0 Å². The van der Waals surface area contributed by atoms with Crippen molar-refractivity contribution in [2.45, 2.75) is 45.2 Å². The molecule has 0 unspecified atom stereocenters. The molecule has 0 spiro atoms. The van der Waals surface area contributed by atoms with Crippen LogP contribution in [-0.2, 0) is 6.54 Å². The third-order valence-corrected chi connectivity index (χ3v) is 4.33. The highest BCUT2D eigenvalue weighted by atomic mass is 16.5. The second-order valence-corrected chi connectivity index (χ2v) is 6.36. The van der Waals surface area contributed by atoms with Gasteiger partial charge in [0.2, 0.25) is 0 Å². The molecule has 1 N–H and O–H groups in total. The van der Waals surface area contributed by atoms with Gasteiger partial charge in [0.25, 0.3) is 0 Å². The van der Waals surface area contributed by atoms with Crippen LogP contribution in [0.15, 0.2) is 24.3 Å². The van der Waals surface area contributed by atoms with Crippen molar-refractivity contribution in [1.82, 2.24) is 4.90 Å². The molecule has 1 atom stereocenters. The number of likely N-dealkylation sites (tertiary alicyclic amines) is 1. The minimum absolute atomic E-state index is 0.0305. The van der Waals surface area contributed by atoms with Crippen molar-refractivity contribution in [2.24, 2.45) is 5.92 Å². The standard InChI is InChI=1S/C17H27NO2/c1-14(2)11-17(13-19)8-5-9-18(17)12-15-6-4-7-16(10-15)20-3/h4,6-7,10,14,19H,5,8-9,11-13H2,1-3H3/t17-/m0/s1. The number of ether oxygens (including phenoxy) is 1. The molecule has 1 aromatic rings. The predicted molar refractivity (Wildman–Crippen MR) is 81.9 cm³/mol. The van der Waals surface area contributed by atoms with Crippen LogP contribution in [-0.4, -0.2) is 35.8 Å². The fourth-order valence-corrected chi connectivity index (χ4v) is 3.47. The van der Waals surface area contributed by atoms with Crippen LogP contribution in [0.4, 0.5) is 0 Å². The largest absolute Gasteiger partial charge is 0.497 e. The number of rotatable bonds is 6. The number of methoxy groups -OCH3 is 1. The molecule has 0 bridgehead atoms. The van der Waals surface area contributed by atoms with Gasteiger partial charge in [-0.05, 0) is 49.4 Å². The van der Waals surface area contributed by atoms with Gasteiger partial charge in [0.1, 0.15) is 5.75 Å². The monoisotopic (exact) mass is 277 g/mol. The lowest BCUT2D eigenvalue weighted by Gasteiger charge is -2.38. The Kier molecular flexibility index (Phi) is 5.06. The van der Waals surface area contributed by atoms with Crippen molar-refractivity contribution < 1.29 is 9.84 Å². The number of aliphatic hydroxyl groups is 1. The Balaban J connectivity index is 2.13. The molecule has 2 rings (SSSR count). The summed E-state index contributed by atoms with van der Waals surface area (Å²) in [7, 11) is 1.70. The molecule has 0 aliphatic carbocycles. The van der Waals surface area contributed by atoms with E-state index in [2.05, 4.69) is 30.9 Å². The molecule has 0 saturated carbocycles. The van der Waals surface area contributed by atoms with Crippen molar-refractivity contribution in [3.63, 3.8) is 0 Å². The summed E-state index contributed by atoms with van der Waals surface area (Å²) < 4.78 is 5.29. The van der Waals surface area contributed by atoms with Crippen LogP contribution in [0, 0.1) is 5.92 Å². The summed E-state index contributed by atoms with van der Waals surface area (Å²) >= 11 is 0. The van der Waals surface area contributed by atoms with Gasteiger partial charge in [0, 0.05) is 12.1 Å². The first-order chi connectivity index (χ1) is 9.59. The van der Waals surface area contributed by atoms with E-state index in [-0.39, 0.29) is 12.1 Å². The highest BCUT2D eigenvalue weighted by Crippen LogP contribution is 2.36. The van der Waals surface area contributed by atoms with Gasteiger partial charge in [-0.3, -0.25) is 4.90 Å². The third kappa shape index (κ3) is 3.33. The van der Waals surface area contributed by atoms with Crippen molar-refractivity contribution >= 4 is 0 Å². The molecule has 0 aromatic heterocycles. The lowest BCUT2D eigenvalue weighted by molar-refractivity contribution is 0.0409. The van der Waals surface area contributed by atoms with E-state index in [0.29, 0.717) is 5.92 Å². The number of hydrogen-bond donors (Lipinski definition) is 1. The molecule has 0 amide bonds. The molecule has 1 aromatic carbocycles. The van der Waals surface area contributed by atoms with E-state index >= 15 is 0 Å². The van der Waals surface area contributed by atoms with Gasteiger partial charge in [0.05, 0.1) is 13.7 Å². The molecule has 112 valence electrons. The zero-order valence-electron chi connectivity index (χ0n) is 12.9. The van der Waals surface area contributed by atoms with Crippen LogP contribution < -0.4 is 4.74 Å². The van der Waals surface area contributed by atoms with Crippen LogP contribution in [0.25, 0.3) is 0 Å². The van der Waals surface area contributed by atoms with Gasteiger partial charge in [-0.25, -0.2) is 0 Å². The predicted octanol–water partition coefficient (Wildman–Crippen LogP) is 3.07. The zero-order chi connectivity index (χ0) is 14.6. The van der Waals surface area contributed by atoms with E-state index in [1.807, 2.05) is 12.1 Å². The fourth-order valence-electron chi connectivity index (χ4n) is 3.47. The number of hydrogen-bond acceptors (Lipinski definition) is 3. The number of benzene rings is 1. The fraction of sp³-hybridized carbons (Fsp3) is 0.647. The van der Waals surface area contributed by atoms with E-state index in [1.54, 1.807) is 7.11 Å². The van der Waals surface area contributed by atoms with Gasteiger partial charge >= 0.3 is 0 Å². The summed E-state index contributed by atoms with van der Waals surface area (Å²) in [5.74, 6) is 1.51. The molecular weight excluding hydrogens is 250 g/mol. The zero-order valence-corrected chi connectivity index (χ0v) is 12.9. The molecular formula is C17H27NO2. The summed E-state index contributed by atoms with van der Waals surface area (Å²) in [4.78, 5) is 2.46. The molecule has 1 aliphatic rings. The average Bonchev–Trinajstić information content (AvgIpc) is 2.81. The van der Waals surface area contributed by atoms with Crippen molar-refractivity contribution in [3.05, 3.63) is 29.8 Å². The van der Waals surface area contributed by atoms with E-state index in [0.717, 1.165) is 31.7 Å². The molecule has 20 heavy (non-hydrogen) atoms. The van der Waals surface area contributed by atoms with Gasteiger partial charge in [-0.2, -0.15) is 0 Å². The molecule has 1 heterocycles. The van der Waals surface area contributed by atoms with E-state index in [4.69, 9.17) is 4.74 Å². The second-order valence-electron chi connectivity index (χ2n) is 6.36. The topological polar surface area (TPSA) is 32.7 Å². The minimum atomic E-state index is -0.0305. The van der Waals surface area contributed by atoms with Crippen LogP contribution in [0.1, 0.15) is 38.7 Å². The SMILES string of the molecule is COc1cccc(CN2CCC[C@@]2(CO)CC(C)C)c1. The Morgan fingerprint density at radius 2 is 2.20 bits per heavy atom. The van der Waals surface area contributed by atoms with Crippen LogP contribution in [0.3, 0.4) is 0 Å². The molecule has 3 nitrogen and oxygen atoms in total. The Morgan fingerprint density at radius 1 is 1.40 bits per heavy atom. The first-order valence-corrected chi connectivity index (χ1v) is 7.58. The summed E-state index contributed by atoms with van der Waals surface area (Å²) in [5.41, 5.74) is 1.23. The Hall–Kier alpha value is -1.06. The normalized spacial score (nSPS) is 23.4. The number of nitrogens with zero attached hydrogens (tertiary/aromatic N) is 1. The maximum absolute atomic E-state index is 9.95. The third-order valence-electron chi connectivity index (χ3n) is 4.33. The lowest BCUT2D eigenvalue weighted by atomic mass is 9.87. The Morgan fingerprint density at radius 3 is 2.85 bits per heavy atom. The average molecular weight is 277 g/mol. The Bertz CT molecular complexity index is 433. The smallest absolute Gasteiger partial charge is 0.119 e. The molecule has 3 heteroatoms. The van der Waals surface area contributed by atoms with Gasteiger partial charge in [-0.15, -0.1) is 0 Å². The lowest BCUT2D eigenvalue weighted by Crippen LogP contribution is -2.47. The first-order valence-electron chi connectivity index (χ1n) is 7.58. The molecule has 1 aliphatic heterocycles. The van der Waals surface area contributed by atoms with E-state index < -0.39 is 0 Å². The molecule has 0 radical (unpaired) electrons. The summed E-state index contributed by atoms with van der Waals surface area (Å²) in [5, 5.41) is 9.95. The summed E-state index contributed by atoms with van der Waals surface area (Å²) in [6.45, 7) is 6.70. The summed E-state index contributed by atoms with van der Waals surface area (Å²) in [6.07, 6.45) is 3.34. The second kappa shape index (κ2) is 6.59. The van der Waals surface area contributed by atoms with E-state index in [1.165, 1.54) is 12.0 Å². The minimum Gasteiger partial charge on any atom is -0.497 e. The van der Waals surface area contributed by atoms with Gasteiger partial charge in [-0.1, -0.05) is 26.0 Å².